The Morgan fingerprint density at radius 1 is 1.12 bits per heavy atom. The summed E-state index contributed by atoms with van der Waals surface area (Å²) in [6.07, 6.45) is 0. The zero-order chi connectivity index (χ0) is 24.3. The number of benzene rings is 2. The summed E-state index contributed by atoms with van der Waals surface area (Å²) < 4.78 is 11.2. The molecule has 2 unspecified atom stereocenters. The smallest absolute Gasteiger partial charge is 0.288 e. The molecule has 2 atom stereocenters. The number of furan rings is 1. The summed E-state index contributed by atoms with van der Waals surface area (Å²) in [5, 5.41) is 17.4. The van der Waals surface area contributed by atoms with E-state index in [1.54, 1.807) is 33.9 Å². The Bertz CT molecular complexity index is 1210. The highest BCUT2D eigenvalue weighted by molar-refractivity contribution is 6.32. The van der Waals surface area contributed by atoms with Gasteiger partial charge in [-0.3, -0.25) is 19.7 Å². The van der Waals surface area contributed by atoms with Crippen LogP contribution in [0.25, 0.3) is 11.0 Å². The topological polar surface area (TPSA) is 124 Å². The number of nitrogens with zero attached hydrogens (tertiary/aromatic N) is 1. The van der Waals surface area contributed by atoms with Crippen LogP contribution in [0.1, 0.15) is 42.9 Å². The quantitative estimate of drug-likeness (QED) is 0.363. The van der Waals surface area contributed by atoms with Gasteiger partial charge in [-0.2, -0.15) is 0 Å². The van der Waals surface area contributed by atoms with Crippen LogP contribution < -0.4 is 15.4 Å². The molecule has 3 aromatic rings. The molecule has 0 aliphatic heterocycles. The molecule has 0 spiro atoms. The lowest BCUT2D eigenvalue weighted by molar-refractivity contribution is -0.384. The molecule has 33 heavy (non-hydrogen) atoms. The molecule has 2 aromatic carbocycles. The summed E-state index contributed by atoms with van der Waals surface area (Å²) in [5.41, 5.74) is 0.222. The predicted molar refractivity (Wildman–Crippen MR) is 124 cm³/mol. The fraction of sp³-hybridized carbons (Fsp3) is 0.304. The molecular weight excluding hydrogens is 450 g/mol. The van der Waals surface area contributed by atoms with Gasteiger partial charge in [0.2, 0.25) is 5.91 Å². The number of methoxy groups -OCH3 is 1. The summed E-state index contributed by atoms with van der Waals surface area (Å²) in [6.45, 7) is 5.33. The van der Waals surface area contributed by atoms with Gasteiger partial charge >= 0.3 is 0 Å². The molecule has 2 N–H and O–H groups in total. The number of hydrogen-bond donors (Lipinski definition) is 2. The van der Waals surface area contributed by atoms with Crippen molar-refractivity contribution in [1.29, 1.82) is 0 Å². The number of carbonyl (C=O) groups excluding carboxylic acids is 2. The summed E-state index contributed by atoms with van der Waals surface area (Å²) in [5.74, 6) is -0.169. The SMILES string of the molecule is COc1cccc2cc(C(C)NC(=O)C(NC(=O)c3ccc(Cl)c([N+](=O)[O-])c3)C(C)C)oc12. The van der Waals surface area contributed by atoms with Crippen LogP contribution in [-0.4, -0.2) is 29.9 Å². The van der Waals surface area contributed by atoms with E-state index in [0.29, 0.717) is 17.1 Å². The Morgan fingerprint density at radius 2 is 1.85 bits per heavy atom. The first-order valence-electron chi connectivity index (χ1n) is 10.2. The molecule has 0 radical (unpaired) electrons. The summed E-state index contributed by atoms with van der Waals surface area (Å²) in [7, 11) is 1.55. The molecule has 10 heteroatoms. The Balaban J connectivity index is 1.76. The second-order valence-electron chi connectivity index (χ2n) is 7.88. The monoisotopic (exact) mass is 473 g/mol. The molecule has 174 valence electrons. The van der Waals surface area contributed by atoms with Gasteiger partial charge in [0.05, 0.1) is 18.1 Å². The maximum absolute atomic E-state index is 13.0. The number of rotatable bonds is 8. The maximum Gasteiger partial charge on any atom is 0.288 e. The van der Waals surface area contributed by atoms with E-state index in [4.69, 9.17) is 20.8 Å². The second-order valence-corrected chi connectivity index (χ2v) is 8.28. The van der Waals surface area contributed by atoms with Gasteiger partial charge < -0.3 is 19.8 Å². The van der Waals surface area contributed by atoms with Crippen LogP contribution in [0.5, 0.6) is 5.75 Å². The number of carbonyl (C=O) groups is 2. The lowest BCUT2D eigenvalue weighted by atomic mass is 10.0. The molecule has 0 saturated heterocycles. The number of nitro benzene ring substituents is 1. The molecule has 0 aliphatic rings. The minimum absolute atomic E-state index is 0.0296. The van der Waals surface area contributed by atoms with Gasteiger partial charge in [-0.05, 0) is 37.1 Å². The zero-order valence-corrected chi connectivity index (χ0v) is 19.3. The Morgan fingerprint density at radius 3 is 2.48 bits per heavy atom. The highest BCUT2D eigenvalue weighted by Crippen LogP contribution is 2.31. The number of nitro groups is 1. The Kier molecular flexibility index (Phi) is 7.23. The van der Waals surface area contributed by atoms with E-state index in [2.05, 4.69) is 10.6 Å². The van der Waals surface area contributed by atoms with Crippen molar-refractivity contribution in [3.63, 3.8) is 0 Å². The molecule has 2 amide bonds. The lowest BCUT2D eigenvalue weighted by Gasteiger charge is -2.23. The normalized spacial score (nSPS) is 12.9. The fourth-order valence-electron chi connectivity index (χ4n) is 3.36. The van der Waals surface area contributed by atoms with E-state index >= 15 is 0 Å². The van der Waals surface area contributed by atoms with Gasteiger partial charge in [-0.1, -0.05) is 37.6 Å². The molecule has 0 aliphatic carbocycles. The van der Waals surface area contributed by atoms with Crippen LogP contribution in [0, 0.1) is 16.0 Å². The molecule has 0 fully saturated rings. The average Bonchev–Trinajstić information content (AvgIpc) is 3.21. The van der Waals surface area contributed by atoms with E-state index in [1.165, 1.54) is 12.1 Å². The largest absolute Gasteiger partial charge is 0.493 e. The van der Waals surface area contributed by atoms with Gasteiger partial charge in [0.1, 0.15) is 16.8 Å². The molecule has 0 bridgehead atoms. The van der Waals surface area contributed by atoms with Crippen LogP contribution in [0.15, 0.2) is 46.9 Å². The predicted octanol–water partition coefficient (Wildman–Crippen LogP) is 4.63. The molecule has 9 nitrogen and oxygen atoms in total. The summed E-state index contributed by atoms with van der Waals surface area (Å²) >= 11 is 5.81. The number of hydrogen-bond acceptors (Lipinski definition) is 6. The lowest BCUT2D eigenvalue weighted by Crippen LogP contribution is -2.50. The van der Waals surface area contributed by atoms with Crippen LogP contribution in [-0.2, 0) is 4.79 Å². The van der Waals surface area contributed by atoms with Crippen molar-refractivity contribution >= 4 is 40.1 Å². The van der Waals surface area contributed by atoms with Crippen molar-refractivity contribution in [1.82, 2.24) is 10.6 Å². The number of fused-ring (bicyclic) bond motifs is 1. The summed E-state index contributed by atoms with van der Waals surface area (Å²) in [4.78, 5) is 36.1. The van der Waals surface area contributed by atoms with E-state index in [1.807, 2.05) is 18.2 Å². The van der Waals surface area contributed by atoms with Crippen LogP contribution >= 0.6 is 11.6 Å². The van der Waals surface area contributed by atoms with Crippen LogP contribution in [0.2, 0.25) is 5.02 Å². The van der Waals surface area contributed by atoms with E-state index < -0.39 is 28.8 Å². The third kappa shape index (κ3) is 5.25. The first-order chi connectivity index (χ1) is 15.6. The molecule has 1 aromatic heterocycles. The number of ether oxygens (including phenoxy) is 1. The van der Waals surface area contributed by atoms with Gasteiger partial charge in [-0.25, -0.2) is 0 Å². The minimum atomic E-state index is -0.881. The van der Waals surface area contributed by atoms with Crippen molar-refractivity contribution in [3.8, 4) is 5.75 Å². The maximum atomic E-state index is 13.0. The highest BCUT2D eigenvalue weighted by Gasteiger charge is 2.28. The molecule has 0 saturated carbocycles. The second kappa shape index (κ2) is 9.91. The molecular formula is C23H24ClN3O6. The van der Waals surface area contributed by atoms with Crippen molar-refractivity contribution in [3.05, 3.63) is 68.9 Å². The number of nitrogens with one attached hydrogen (secondary N) is 2. The third-order valence-electron chi connectivity index (χ3n) is 5.17. The first kappa shape index (κ1) is 24.1. The Labute approximate surface area is 195 Å². The Hall–Kier alpha value is -3.59. The van der Waals surface area contributed by atoms with Crippen LogP contribution in [0.3, 0.4) is 0 Å². The van der Waals surface area contributed by atoms with Gasteiger partial charge in [0.15, 0.2) is 11.3 Å². The van der Waals surface area contributed by atoms with E-state index in [9.17, 15) is 19.7 Å². The van der Waals surface area contributed by atoms with E-state index in [0.717, 1.165) is 11.5 Å². The fourth-order valence-corrected chi connectivity index (χ4v) is 3.54. The molecule has 1 heterocycles. The first-order valence-corrected chi connectivity index (χ1v) is 10.6. The van der Waals surface area contributed by atoms with Crippen molar-refractivity contribution in [2.75, 3.05) is 7.11 Å². The minimum Gasteiger partial charge on any atom is -0.493 e. The van der Waals surface area contributed by atoms with Crippen molar-refractivity contribution in [2.45, 2.75) is 32.9 Å². The van der Waals surface area contributed by atoms with E-state index in [-0.39, 0.29) is 22.2 Å². The zero-order valence-electron chi connectivity index (χ0n) is 18.5. The van der Waals surface area contributed by atoms with Gasteiger partial charge in [0.25, 0.3) is 11.6 Å². The van der Waals surface area contributed by atoms with Crippen molar-refractivity contribution in [2.24, 2.45) is 5.92 Å². The van der Waals surface area contributed by atoms with Crippen LogP contribution in [0.4, 0.5) is 5.69 Å². The van der Waals surface area contributed by atoms with Gasteiger partial charge in [0, 0.05) is 17.0 Å². The number of halogens is 1. The standard InChI is InChI=1S/C23H24ClN3O6/c1-12(2)20(26-22(28)15-8-9-16(24)17(10-15)27(30)31)23(29)25-13(3)19-11-14-6-5-7-18(32-4)21(14)33-19/h5-13,20H,1-4H3,(H,25,29)(H,26,28). The number of para-hydroxylation sites is 1. The third-order valence-corrected chi connectivity index (χ3v) is 5.49. The van der Waals surface area contributed by atoms with Crippen molar-refractivity contribution < 1.29 is 23.7 Å². The molecule has 3 rings (SSSR count). The average molecular weight is 474 g/mol. The summed E-state index contributed by atoms with van der Waals surface area (Å²) in [6, 6.07) is 9.68. The highest BCUT2D eigenvalue weighted by atomic mass is 35.5. The number of amides is 2. The van der Waals surface area contributed by atoms with Gasteiger partial charge in [-0.15, -0.1) is 0 Å².